The van der Waals surface area contributed by atoms with Crippen LogP contribution in [0.15, 0.2) is 27.2 Å². The molecule has 0 unspecified atom stereocenters. The van der Waals surface area contributed by atoms with Gasteiger partial charge in [-0.15, -0.1) is 0 Å². The van der Waals surface area contributed by atoms with E-state index in [-0.39, 0.29) is 0 Å². The first-order valence-corrected chi connectivity index (χ1v) is 5.90. The van der Waals surface area contributed by atoms with Crippen molar-refractivity contribution in [3.63, 3.8) is 0 Å². The predicted octanol–water partition coefficient (Wildman–Crippen LogP) is 4.83. The monoisotopic (exact) mass is 244 g/mol. The van der Waals surface area contributed by atoms with Gasteiger partial charge in [-0.3, -0.25) is 0 Å². The van der Waals surface area contributed by atoms with Crippen LogP contribution in [0.3, 0.4) is 0 Å². The molecule has 0 saturated carbocycles. The van der Waals surface area contributed by atoms with E-state index in [2.05, 4.69) is 6.07 Å². The number of hydrogen-bond donors (Lipinski definition) is 0. The Balaban J connectivity index is 2.65. The van der Waals surface area contributed by atoms with Gasteiger partial charge in [-0.2, -0.15) is 0 Å². The average Bonchev–Trinajstić information content (AvgIpc) is 2.63. The second-order valence-electron chi connectivity index (χ2n) is 4.42. The van der Waals surface area contributed by atoms with Gasteiger partial charge in [-0.1, -0.05) is 0 Å². The molecular weight excluding hydrogens is 232 g/mol. The first-order valence-electron chi connectivity index (χ1n) is 5.50. The first kappa shape index (κ1) is 10.5. The Morgan fingerprint density at radius 2 is 1.65 bits per heavy atom. The maximum atomic E-state index is 5.65. The van der Waals surface area contributed by atoms with Gasteiger partial charge in [0, 0.05) is 16.3 Å². The summed E-state index contributed by atoms with van der Waals surface area (Å²) in [5.41, 5.74) is 5.02. The molecule has 0 fully saturated rings. The largest absolute Gasteiger partial charge is 0.464 e. The van der Waals surface area contributed by atoms with Crippen molar-refractivity contribution in [3.05, 3.63) is 39.8 Å². The van der Waals surface area contributed by atoms with Gasteiger partial charge in [-0.25, -0.2) is 0 Å². The fraction of sp³-hybridized carbons (Fsp3) is 0.214. The molecule has 3 heteroatoms. The Kier molecular flexibility index (Phi) is 2.13. The van der Waals surface area contributed by atoms with Crippen LogP contribution in [-0.4, -0.2) is 0 Å². The molecule has 1 aromatic carbocycles. The predicted molar refractivity (Wildman–Crippen MR) is 71.0 cm³/mol. The topological polar surface area (TPSA) is 26.3 Å². The van der Waals surface area contributed by atoms with Gasteiger partial charge in [0.05, 0.1) is 6.26 Å². The summed E-state index contributed by atoms with van der Waals surface area (Å²) in [6, 6.07) is 4.00. The van der Waals surface area contributed by atoms with Crippen LogP contribution >= 0.6 is 12.2 Å². The number of aryl methyl sites for hydroxylation is 3. The van der Waals surface area contributed by atoms with Crippen LogP contribution in [0.2, 0.25) is 0 Å². The average molecular weight is 244 g/mol. The number of furan rings is 1. The molecule has 2 heterocycles. The van der Waals surface area contributed by atoms with Crippen molar-refractivity contribution >= 4 is 34.2 Å². The third-order valence-corrected chi connectivity index (χ3v) is 3.40. The molecule has 0 radical (unpaired) electrons. The zero-order valence-corrected chi connectivity index (χ0v) is 10.8. The first-order chi connectivity index (χ1) is 8.08. The molecule has 3 rings (SSSR count). The lowest BCUT2D eigenvalue weighted by molar-refractivity contribution is 0.578. The molecule has 0 aliphatic heterocycles. The summed E-state index contributed by atoms with van der Waals surface area (Å²) in [6.07, 6.45) is 1.78. The summed E-state index contributed by atoms with van der Waals surface area (Å²) < 4.78 is 11.7. The Morgan fingerprint density at radius 3 is 2.41 bits per heavy atom. The lowest BCUT2D eigenvalue weighted by atomic mass is 10.0. The quantitative estimate of drug-likeness (QED) is 0.529. The fourth-order valence-corrected chi connectivity index (χ4v) is 2.51. The smallest absolute Gasteiger partial charge is 0.191 e. The van der Waals surface area contributed by atoms with Gasteiger partial charge in [0.2, 0.25) is 0 Å². The summed E-state index contributed by atoms with van der Waals surface area (Å²) in [5, 5.41) is 2.25. The van der Waals surface area contributed by atoms with Crippen LogP contribution in [-0.2, 0) is 0 Å². The molecule has 86 valence electrons. The van der Waals surface area contributed by atoms with Crippen LogP contribution in [0.4, 0.5) is 0 Å². The van der Waals surface area contributed by atoms with Crippen molar-refractivity contribution in [1.82, 2.24) is 0 Å². The summed E-state index contributed by atoms with van der Waals surface area (Å²) in [4.78, 5) is 0. The van der Waals surface area contributed by atoms with Crippen molar-refractivity contribution in [2.24, 2.45) is 0 Å². The molecule has 0 bridgehead atoms. The lowest BCUT2D eigenvalue weighted by Crippen LogP contribution is -1.84. The van der Waals surface area contributed by atoms with E-state index in [9.17, 15) is 0 Å². The van der Waals surface area contributed by atoms with E-state index in [1.807, 2.05) is 26.8 Å². The molecule has 0 aliphatic rings. The van der Waals surface area contributed by atoms with Gasteiger partial charge in [0.15, 0.2) is 4.71 Å². The highest BCUT2D eigenvalue weighted by atomic mass is 32.1. The summed E-state index contributed by atoms with van der Waals surface area (Å²) in [6.45, 7) is 6.10. The molecule has 0 atom stereocenters. The molecule has 2 nitrogen and oxygen atoms in total. The molecule has 3 aromatic rings. The lowest BCUT2D eigenvalue weighted by Gasteiger charge is -2.05. The van der Waals surface area contributed by atoms with Gasteiger partial charge in [0.1, 0.15) is 11.2 Å². The number of rotatable bonds is 0. The van der Waals surface area contributed by atoms with Gasteiger partial charge < -0.3 is 8.83 Å². The second-order valence-corrected chi connectivity index (χ2v) is 4.82. The fourth-order valence-electron chi connectivity index (χ4n) is 2.25. The van der Waals surface area contributed by atoms with E-state index in [4.69, 9.17) is 21.1 Å². The minimum atomic E-state index is 0.515. The van der Waals surface area contributed by atoms with Crippen molar-refractivity contribution in [2.75, 3.05) is 0 Å². The molecule has 0 spiro atoms. The number of fused-ring (bicyclic) bond motifs is 2. The molecule has 2 aromatic heterocycles. The van der Waals surface area contributed by atoms with Crippen LogP contribution in [0.5, 0.6) is 0 Å². The molecule has 0 amide bonds. The highest BCUT2D eigenvalue weighted by Crippen LogP contribution is 2.32. The Bertz CT molecular complexity index is 793. The van der Waals surface area contributed by atoms with Gasteiger partial charge in [0.25, 0.3) is 0 Å². The minimum absolute atomic E-state index is 0.515. The van der Waals surface area contributed by atoms with E-state index < -0.39 is 0 Å². The van der Waals surface area contributed by atoms with E-state index in [1.165, 1.54) is 0 Å². The summed E-state index contributed by atoms with van der Waals surface area (Å²) in [7, 11) is 0. The van der Waals surface area contributed by atoms with E-state index >= 15 is 0 Å². The normalized spacial score (nSPS) is 11.5. The molecular formula is C14H12O2S. The van der Waals surface area contributed by atoms with Crippen molar-refractivity contribution in [3.8, 4) is 0 Å². The zero-order chi connectivity index (χ0) is 12.2. The van der Waals surface area contributed by atoms with Crippen molar-refractivity contribution in [2.45, 2.75) is 20.8 Å². The van der Waals surface area contributed by atoms with E-state index in [0.717, 1.165) is 38.6 Å². The number of benzene rings is 1. The van der Waals surface area contributed by atoms with Crippen LogP contribution < -0.4 is 0 Å². The van der Waals surface area contributed by atoms with E-state index in [0.29, 0.717) is 4.71 Å². The molecule has 0 aliphatic carbocycles. The van der Waals surface area contributed by atoms with Crippen LogP contribution in [0.25, 0.3) is 21.9 Å². The third kappa shape index (κ3) is 1.42. The van der Waals surface area contributed by atoms with Crippen LogP contribution in [0.1, 0.15) is 16.7 Å². The Morgan fingerprint density at radius 1 is 0.941 bits per heavy atom. The second kappa shape index (κ2) is 3.44. The minimum Gasteiger partial charge on any atom is -0.464 e. The number of hydrogen-bond acceptors (Lipinski definition) is 3. The SMILES string of the molecule is Cc1coc2c(C)c3oc(=S)cc(C)c3cc12. The van der Waals surface area contributed by atoms with Crippen LogP contribution in [0, 0.1) is 25.5 Å². The highest BCUT2D eigenvalue weighted by Gasteiger charge is 2.12. The third-order valence-electron chi connectivity index (χ3n) is 3.20. The maximum Gasteiger partial charge on any atom is 0.191 e. The molecule has 17 heavy (non-hydrogen) atoms. The van der Waals surface area contributed by atoms with E-state index in [1.54, 1.807) is 6.26 Å². The Labute approximate surface area is 104 Å². The summed E-state index contributed by atoms with van der Waals surface area (Å²) >= 11 is 5.12. The van der Waals surface area contributed by atoms with Gasteiger partial charge >= 0.3 is 0 Å². The highest BCUT2D eigenvalue weighted by molar-refractivity contribution is 7.71. The maximum absolute atomic E-state index is 5.65. The van der Waals surface area contributed by atoms with Crippen molar-refractivity contribution < 1.29 is 8.83 Å². The Hall–Kier alpha value is -1.61. The standard InChI is InChI=1S/C14H12O2S/c1-7-4-12(17)16-14-9(3)13-11(5-10(7)14)8(2)6-15-13/h4-6H,1-3H3. The molecule has 0 N–H and O–H groups in total. The van der Waals surface area contributed by atoms with Gasteiger partial charge in [-0.05, 0) is 56.2 Å². The molecule has 0 saturated heterocycles. The summed E-state index contributed by atoms with van der Waals surface area (Å²) in [5.74, 6) is 0. The zero-order valence-electron chi connectivity index (χ0n) is 9.96. The van der Waals surface area contributed by atoms with Crippen molar-refractivity contribution in [1.29, 1.82) is 0 Å².